The normalized spacial score (nSPS) is 10.1. The van der Waals surface area contributed by atoms with Crippen molar-refractivity contribution in [2.24, 2.45) is 0 Å². The van der Waals surface area contributed by atoms with Crippen LogP contribution in [0.25, 0.3) is 0 Å². The van der Waals surface area contributed by atoms with Crippen LogP contribution < -0.4 is 4.90 Å². The van der Waals surface area contributed by atoms with Crippen LogP contribution >= 0.6 is 0 Å². The van der Waals surface area contributed by atoms with Crippen molar-refractivity contribution >= 4 is 5.69 Å². The summed E-state index contributed by atoms with van der Waals surface area (Å²) in [5.74, 6) is 0. The fourth-order valence-electron chi connectivity index (χ4n) is 1.25. The highest BCUT2D eigenvalue weighted by molar-refractivity contribution is 5.44. The summed E-state index contributed by atoms with van der Waals surface area (Å²) in [7, 11) is 1.67. The van der Waals surface area contributed by atoms with Gasteiger partial charge >= 0.3 is 0 Å². The Labute approximate surface area is 84.1 Å². The van der Waals surface area contributed by atoms with Crippen molar-refractivity contribution in [1.82, 2.24) is 4.98 Å². The largest absolute Gasteiger partial charge is 0.395 e. The van der Waals surface area contributed by atoms with Crippen LogP contribution in [0.5, 0.6) is 0 Å². The molecule has 0 aliphatic heterocycles. The second-order valence-corrected chi connectivity index (χ2v) is 2.91. The number of aliphatic hydroxyl groups excluding tert-OH is 1. The van der Waals surface area contributed by atoms with Crippen LogP contribution in [0, 0.1) is 0 Å². The van der Waals surface area contributed by atoms with Gasteiger partial charge in [0.05, 0.1) is 13.2 Å². The summed E-state index contributed by atoms with van der Waals surface area (Å²) in [6, 6.07) is 3.84. The molecule has 0 spiro atoms. The molecule has 0 amide bonds. The van der Waals surface area contributed by atoms with E-state index in [4.69, 9.17) is 9.84 Å². The van der Waals surface area contributed by atoms with Crippen LogP contribution in [0.2, 0.25) is 0 Å². The Morgan fingerprint density at radius 2 is 2.07 bits per heavy atom. The van der Waals surface area contributed by atoms with E-state index in [-0.39, 0.29) is 6.61 Å². The minimum Gasteiger partial charge on any atom is -0.395 e. The molecule has 0 bridgehead atoms. The monoisotopic (exact) mass is 196 g/mol. The molecule has 0 aliphatic rings. The molecule has 0 radical (unpaired) electrons. The summed E-state index contributed by atoms with van der Waals surface area (Å²) in [4.78, 5) is 6.01. The highest BCUT2D eigenvalue weighted by atomic mass is 16.5. The zero-order valence-corrected chi connectivity index (χ0v) is 8.39. The van der Waals surface area contributed by atoms with Gasteiger partial charge in [-0.25, -0.2) is 0 Å². The van der Waals surface area contributed by atoms with Crippen molar-refractivity contribution in [3.8, 4) is 0 Å². The number of pyridine rings is 1. The lowest BCUT2D eigenvalue weighted by Gasteiger charge is -2.23. The highest BCUT2D eigenvalue weighted by Gasteiger charge is 2.03. The van der Waals surface area contributed by atoms with Gasteiger partial charge in [0.2, 0.25) is 0 Å². The van der Waals surface area contributed by atoms with Gasteiger partial charge in [0.1, 0.15) is 0 Å². The van der Waals surface area contributed by atoms with Crippen LogP contribution in [0.4, 0.5) is 5.69 Å². The first-order chi connectivity index (χ1) is 6.88. The van der Waals surface area contributed by atoms with E-state index < -0.39 is 0 Å². The maximum Gasteiger partial charge on any atom is 0.0637 e. The first kappa shape index (κ1) is 10.9. The van der Waals surface area contributed by atoms with E-state index >= 15 is 0 Å². The molecule has 0 atom stereocenters. The lowest BCUT2D eigenvalue weighted by atomic mass is 10.3. The van der Waals surface area contributed by atoms with Gasteiger partial charge in [-0.15, -0.1) is 0 Å². The first-order valence-corrected chi connectivity index (χ1v) is 4.63. The van der Waals surface area contributed by atoms with E-state index in [0.29, 0.717) is 13.2 Å². The SMILES string of the molecule is COCCN(CCO)c1ccncc1. The smallest absolute Gasteiger partial charge is 0.0637 e. The molecule has 14 heavy (non-hydrogen) atoms. The molecule has 1 aromatic rings. The Morgan fingerprint density at radius 1 is 1.36 bits per heavy atom. The van der Waals surface area contributed by atoms with Crippen molar-refractivity contribution in [1.29, 1.82) is 0 Å². The molecule has 1 heterocycles. The Balaban J connectivity index is 2.58. The topological polar surface area (TPSA) is 45.6 Å². The van der Waals surface area contributed by atoms with Crippen LogP contribution in [0.1, 0.15) is 0 Å². The van der Waals surface area contributed by atoms with Gasteiger partial charge in [-0.05, 0) is 12.1 Å². The lowest BCUT2D eigenvalue weighted by molar-refractivity contribution is 0.203. The minimum atomic E-state index is 0.145. The number of anilines is 1. The molecule has 0 fully saturated rings. The summed E-state index contributed by atoms with van der Waals surface area (Å²) in [5.41, 5.74) is 1.06. The number of rotatable bonds is 6. The second kappa shape index (κ2) is 6.34. The molecular formula is C10H16N2O2. The van der Waals surface area contributed by atoms with E-state index in [9.17, 15) is 0 Å². The third kappa shape index (κ3) is 3.32. The summed E-state index contributed by atoms with van der Waals surface area (Å²) in [5, 5.41) is 8.90. The molecule has 4 heteroatoms. The third-order valence-electron chi connectivity index (χ3n) is 1.96. The standard InChI is InChI=1S/C10H16N2O2/c1-14-9-7-12(6-8-13)10-2-4-11-5-3-10/h2-5,13H,6-9H2,1H3. The molecule has 0 aromatic carbocycles. The van der Waals surface area contributed by atoms with Crippen LogP contribution in [-0.4, -0.2) is 43.5 Å². The maximum atomic E-state index is 8.90. The van der Waals surface area contributed by atoms with E-state index in [1.54, 1.807) is 19.5 Å². The molecular weight excluding hydrogens is 180 g/mol. The predicted octanol–water partition coefficient (Wildman–Crippen LogP) is 0.527. The van der Waals surface area contributed by atoms with Gasteiger partial charge in [0.25, 0.3) is 0 Å². The quantitative estimate of drug-likeness (QED) is 0.720. The van der Waals surface area contributed by atoms with Gasteiger partial charge in [0, 0.05) is 38.3 Å². The molecule has 1 N–H and O–H groups in total. The first-order valence-electron chi connectivity index (χ1n) is 4.63. The number of hydrogen-bond acceptors (Lipinski definition) is 4. The molecule has 1 aromatic heterocycles. The number of aromatic nitrogens is 1. The van der Waals surface area contributed by atoms with Crippen molar-refractivity contribution in [3.05, 3.63) is 24.5 Å². The van der Waals surface area contributed by atoms with Crippen LogP contribution in [0.15, 0.2) is 24.5 Å². The summed E-state index contributed by atoms with van der Waals surface area (Å²) in [6.07, 6.45) is 3.49. The van der Waals surface area contributed by atoms with E-state index in [0.717, 1.165) is 12.2 Å². The number of nitrogens with zero attached hydrogens (tertiary/aromatic N) is 2. The van der Waals surface area contributed by atoms with Crippen molar-refractivity contribution in [2.45, 2.75) is 0 Å². The van der Waals surface area contributed by atoms with Gasteiger partial charge in [0.15, 0.2) is 0 Å². The number of hydrogen-bond donors (Lipinski definition) is 1. The molecule has 1 rings (SSSR count). The number of ether oxygens (including phenoxy) is 1. The molecule has 0 saturated heterocycles. The molecule has 4 nitrogen and oxygen atoms in total. The van der Waals surface area contributed by atoms with Crippen LogP contribution in [-0.2, 0) is 4.74 Å². The zero-order valence-electron chi connectivity index (χ0n) is 8.39. The third-order valence-corrected chi connectivity index (χ3v) is 1.96. The lowest BCUT2D eigenvalue weighted by Crippen LogP contribution is -2.30. The van der Waals surface area contributed by atoms with E-state index in [1.807, 2.05) is 12.1 Å². The molecule has 0 saturated carbocycles. The van der Waals surface area contributed by atoms with Gasteiger partial charge in [-0.3, -0.25) is 4.98 Å². The predicted molar refractivity (Wildman–Crippen MR) is 55.4 cm³/mol. The Hall–Kier alpha value is -1.13. The zero-order chi connectivity index (χ0) is 10.2. The van der Waals surface area contributed by atoms with E-state index in [1.165, 1.54) is 0 Å². The Kier molecular flexibility index (Phi) is 4.96. The number of methoxy groups -OCH3 is 1. The van der Waals surface area contributed by atoms with Crippen molar-refractivity contribution < 1.29 is 9.84 Å². The Bertz CT molecular complexity index is 241. The Morgan fingerprint density at radius 3 is 2.64 bits per heavy atom. The van der Waals surface area contributed by atoms with Gasteiger partial charge in [-0.2, -0.15) is 0 Å². The van der Waals surface area contributed by atoms with Gasteiger partial charge in [-0.1, -0.05) is 0 Å². The van der Waals surface area contributed by atoms with Crippen molar-refractivity contribution in [3.63, 3.8) is 0 Å². The average Bonchev–Trinajstić information content (AvgIpc) is 2.25. The van der Waals surface area contributed by atoms with Crippen LogP contribution in [0.3, 0.4) is 0 Å². The summed E-state index contributed by atoms with van der Waals surface area (Å²) < 4.78 is 5.00. The molecule has 78 valence electrons. The fourth-order valence-corrected chi connectivity index (χ4v) is 1.25. The number of aliphatic hydroxyl groups is 1. The minimum absolute atomic E-state index is 0.145. The molecule has 0 unspecified atom stereocenters. The average molecular weight is 196 g/mol. The van der Waals surface area contributed by atoms with Crippen molar-refractivity contribution in [2.75, 3.05) is 38.3 Å². The highest BCUT2D eigenvalue weighted by Crippen LogP contribution is 2.10. The summed E-state index contributed by atoms with van der Waals surface area (Å²) >= 11 is 0. The molecule has 0 aliphatic carbocycles. The summed E-state index contributed by atoms with van der Waals surface area (Å²) in [6.45, 7) is 2.20. The fraction of sp³-hybridized carbons (Fsp3) is 0.500. The second-order valence-electron chi connectivity index (χ2n) is 2.91. The van der Waals surface area contributed by atoms with Gasteiger partial charge < -0.3 is 14.7 Å². The maximum absolute atomic E-state index is 8.90. The van der Waals surface area contributed by atoms with E-state index in [2.05, 4.69) is 9.88 Å².